The maximum atomic E-state index is 9.99. The first-order valence-electron chi connectivity index (χ1n) is 6.19. The van der Waals surface area contributed by atoms with E-state index in [1.54, 1.807) is 0 Å². The topological polar surface area (TPSA) is 23.5 Å². The smallest absolute Gasteiger partial charge is 0.0899 e. The van der Waals surface area contributed by atoms with Gasteiger partial charge in [-0.3, -0.25) is 0 Å². The normalized spacial score (nSPS) is 28.2. The van der Waals surface area contributed by atoms with Gasteiger partial charge in [0.25, 0.3) is 0 Å². The number of nitrogens with zero attached hydrogens (tertiary/aromatic N) is 1. The maximum absolute atomic E-state index is 9.99. The molecule has 1 aliphatic carbocycles. The Morgan fingerprint density at radius 1 is 1.25 bits per heavy atom. The van der Waals surface area contributed by atoms with E-state index in [0.29, 0.717) is 5.92 Å². The Bertz CT molecular complexity index is 380. The fourth-order valence-electron chi connectivity index (χ4n) is 2.68. The molecule has 1 aliphatic heterocycles. The molecule has 1 unspecified atom stereocenters. The van der Waals surface area contributed by atoms with Crippen LogP contribution in [0.3, 0.4) is 0 Å². The summed E-state index contributed by atoms with van der Waals surface area (Å²) >= 11 is 0. The highest BCUT2D eigenvalue weighted by Crippen LogP contribution is 2.45. The average Bonchev–Trinajstić information content (AvgIpc) is 2.89. The van der Waals surface area contributed by atoms with Gasteiger partial charge in [-0.25, -0.2) is 0 Å². The zero-order chi connectivity index (χ0) is 11.2. The van der Waals surface area contributed by atoms with Crippen LogP contribution < -0.4 is 0 Å². The van der Waals surface area contributed by atoms with Crippen LogP contribution in [0.25, 0.3) is 0 Å². The van der Waals surface area contributed by atoms with Crippen LogP contribution in [-0.4, -0.2) is 30.1 Å². The van der Waals surface area contributed by atoms with Crippen molar-refractivity contribution in [2.75, 3.05) is 20.1 Å². The molecular formula is C14H19NO. The third-order valence-electron chi connectivity index (χ3n) is 4.03. The van der Waals surface area contributed by atoms with Gasteiger partial charge in [0.15, 0.2) is 0 Å². The number of benzene rings is 1. The van der Waals surface area contributed by atoms with Gasteiger partial charge in [0.1, 0.15) is 0 Å². The number of aliphatic hydroxyl groups is 1. The van der Waals surface area contributed by atoms with Crippen LogP contribution in [0, 0.1) is 0 Å². The van der Waals surface area contributed by atoms with Crippen molar-refractivity contribution in [1.82, 2.24) is 4.90 Å². The molecule has 16 heavy (non-hydrogen) atoms. The van der Waals surface area contributed by atoms with Crippen LogP contribution in [0.5, 0.6) is 0 Å². The molecule has 1 aromatic carbocycles. The van der Waals surface area contributed by atoms with Gasteiger partial charge in [-0.05, 0) is 49.9 Å². The zero-order valence-corrected chi connectivity index (χ0v) is 9.82. The molecule has 2 heteroatoms. The lowest BCUT2D eigenvalue weighted by Gasteiger charge is -2.13. The molecule has 1 saturated heterocycles. The fraction of sp³-hybridized carbons (Fsp3) is 0.571. The summed E-state index contributed by atoms with van der Waals surface area (Å²) in [6.45, 7) is 2.37. The minimum absolute atomic E-state index is 0.481. The van der Waals surface area contributed by atoms with Crippen LogP contribution in [0.1, 0.15) is 36.3 Å². The summed E-state index contributed by atoms with van der Waals surface area (Å²) in [4.78, 5) is 2.38. The van der Waals surface area contributed by atoms with Crippen molar-refractivity contribution in [2.45, 2.75) is 30.8 Å². The second kappa shape index (κ2) is 3.57. The Morgan fingerprint density at radius 3 is 2.44 bits per heavy atom. The van der Waals surface area contributed by atoms with Crippen molar-refractivity contribution in [3.05, 3.63) is 35.4 Å². The highest BCUT2D eigenvalue weighted by molar-refractivity contribution is 5.32. The largest absolute Gasteiger partial charge is 0.385 e. The van der Waals surface area contributed by atoms with Crippen molar-refractivity contribution >= 4 is 0 Å². The standard InChI is InChI=1S/C14H19NO/c1-15-9-6-12(10-15)11-2-4-13(5-3-11)14(16)7-8-14/h2-5,12,16H,6-10H2,1H3. The third kappa shape index (κ3) is 1.76. The van der Waals surface area contributed by atoms with E-state index in [0.717, 1.165) is 18.4 Å². The molecule has 86 valence electrons. The van der Waals surface area contributed by atoms with Crippen molar-refractivity contribution in [3.63, 3.8) is 0 Å². The Hall–Kier alpha value is -0.860. The molecule has 0 bridgehead atoms. The number of likely N-dealkylation sites (tertiary alicyclic amines) is 1. The minimum Gasteiger partial charge on any atom is -0.385 e. The van der Waals surface area contributed by atoms with Crippen molar-refractivity contribution < 1.29 is 5.11 Å². The highest BCUT2D eigenvalue weighted by Gasteiger charge is 2.41. The van der Waals surface area contributed by atoms with Gasteiger partial charge in [0, 0.05) is 6.54 Å². The number of likely N-dealkylation sites (N-methyl/N-ethyl adjacent to an activating group) is 1. The predicted octanol–water partition coefficient (Wildman–Crippen LogP) is 2.09. The van der Waals surface area contributed by atoms with E-state index in [4.69, 9.17) is 0 Å². The van der Waals surface area contributed by atoms with E-state index in [2.05, 4.69) is 36.2 Å². The second-order valence-corrected chi connectivity index (χ2v) is 5.40. The van der Waals surface area contributed by atoms with Gasteiger partial charge in [-0.2, -0.15) is 0 Å². The van der Waals surface area contributed by atoms with Gasteiger partial charge < -0.3 is 10.0 Å². The van der Waals surface area contributed by atoms with Gasteiger partial charge in [-0.15, -0.1) is 0 Å². The lowest BCUT2D eigenvalue weighted by molar-refractivity contribution is 0.151. The Labute approximate surface area is 96.9 Å². The van der Waals surface area contributed by atoms with Crippen molar-refractivity contribution in [2.24, 2.45) is 0 Å². The molecule has 2 nitrogen and oxygen atoms in total. The summed E-state index contributed by atoms with van der Waals surface area (Å²) in [6.07, 6.45) is 3.12. The van der Waals surface area contributed by atoms with Gasteiger partial charge in [0.05, 0.1) is 5.60 Å². The van der Waals surface area contributed by atoms with E-state index in [9.17, 15) is 5.11 Å². The first-order valence-corrected chi connectivity index (χ1v) is 6.19. The summed E-state index contributed by atoms with van der Waals surface area (Å²) in [7, 11) is 2.18. The molecule has 2 fully saturated rings. The van der Waals surface area contributed by atoms with Crippen LogP contribution in [0.15, 0.2) is 24.3 Å². The lowest BCUT2D eigenvalue weighted by Crippen LogP contribution is -2.13. The molecule has 1 aromatic rings. The van der Waals surface area contributed by atoms with E-state index >= 15 is 0 Å². The summed E-state index contributed by atoms with van der Waals surface area (Å²) in [6, 6.07) is 8.63. The van der Waals surface area contributed by atoms with E-state index < -0.39 is 5.60 Å². The first-order chi connectivity index (χ1) is 7.67. The van der Waals surface area contributed by atoms with E-state index in [1.165, 1.54) is 25.1 Å². The van der Waals surface area contributed by atoms with Crippen LogP contribution in [-0.2, 0) is 5.60 Å². The molecule has 1 N–H and O–H groups in total. The third-order valence-corrected chi connectivity index (χ3v) is 4.03. The van der Waals surface area contributed by atoms with Gasteiger partial charge in [-0.1, -0.05) is 24.3 Å². The Morgan fingerprint density at radius 2 is 1.94 bits per heavy atom. The predicted molar refractivity (Wildman–Crippen MR) is 64.4 cm³/mol. The SMILES string of the molecule is CN1CCC(c2ccc(C3(O)CC3)cc2)C1. The van der Waals surface area contributed by atoms with Gasteiger partial charge in [0.2, 0.25) is 0 Å². The fourth-order valence-corrected chi connectivity index (χ4v) is 2.68. The number of rotatable bonds is 2. The molecule has 0 radical (unpaired) electrons. The van der Waals surface area contributed by atoms with Crippen LogP contribution in [0.4, 0.5) is 0 Å². The average molecular weight is 217 g/mol. The molecule has 1 saturated carbocycles. The molecular weight excluding hydrogens is 198 g/mol. The highest BCUT2D eigenvalue weighted by atomic mass is 16.3. The van der Waals surface area contributed by atoms with Crippen molar-refractivity contribution in [1.29, 1.82) is 0 Å². The molecule has 1 heterocycles. The molecule has 0 spiro atoms. The lowest BCUT2D eigenvalue weighted by atomic mass is 9.96. The molecule has 2 aliphatic rings. The quantitative estimate of drug-likeness (QED) is 0.820. The van der Waals surface area contributed by atoms with Gasteiger partial charge >= 0.3 is 0 Å². The number of hydrogen-bond acceptors (Lipinski definition) is 2. The minimum atomic E-state index is -0.481. The van der Waals surface area contributed by atoms with Crippen molar-refractivity contribution in [3.8, 4) is 0 Å². The molecule has 3 rings (SSSR count). The summed E-state index contributed by atoms with van der Waals surface area (Å²) in [5.41, 5.74) is 2.05. The maximum Gasteiger partial charge on any atom is 0.0899 e. The van der Waals surface area contributed by atoms with E-state index in [1.807, 2.05) is 0 Å². The second-order valence-electron chi connectivity index (χ2n) is 5.40. The van der Waals surface area contributed by atoms with E-state index in [-0.39, 0.29) is 0 Å². The van der Waals surface area contributed by atoms with Crippen LogP contribution in [0.2, 0.25) is 0 Å². The molecule has 0 aromatic heterocycles. The van der Waals surface area contributed by atoms with Crippen LogP contribution >= 0.6 is 0 Å². The Balaban J connectivity index is 1.77. The summed E-state index contributed by atoms with van der Waals surface area (Å²) in [5.74, 6) is 0.688. The summed E-state index contributed by atoms with van der Waals surface area (Å²) in [5, 5.41) is 9.99. The molecule has 0 amide bonds. The summed E-state index contributed by atoms with van der Waals surface area (Å²) < 4.78 is 0. The molecule has 1 atom stereocenters. The monoisotopic (exact) mass is 217 g/mol. The first kappa shape index (κ1) is 10.3. The zero-order valence-electron chi connectivity index (χ0n) is 9.82. The Kier molecular flexibility index (Phi) is 2.30. The number of hydrogen-bond donors (Lipinski definition) is 1.